The van der Waals surface area contributed by atoms with E-state index in [1.165, 1.54) is 11.8 Å². The summed E-state index contributed by atoms with van der Waals surface area (Å²) in [6, 6.07) is 0. The molecule has 0 amide bonds. The Labute approximate surface area is 266 Å². The quantitative estimate of drug-likeness (QED) is 0.0499. The van der Waals surface area contributed by atoms with Gasteiger partial charge in [-0.15, -0.1) is 0 Å². The zero-order chi connectivity index (χ0) is 33.3. The summed E-state index contributed by atoms with van der Waals surface area (Å²) in [6.07, 6.45) is -9.08. The summed E-state index contributed by atoms with van der Waals surface area (Å²) in [6.45, 7) is -0.115. The van der Waals surface area contributed by atoms with Crippen molar-refractivity contribution in [3.8, 4) is 0 Å². The Morgan fingerprint density at radius 3 is 2.39 bits per heavy atom. The fourth-order valence-corrected chi connectivity index (χ4v) is 9.44. The number of phosphoric acid groups is 1. The van der Waals surface area contributed by atoms with E-state index in [9.17, 15) is 51.8 Å². The van der Waals surface area contributed by atoms with Gasteiger partial charge in [0.2, 0.25) is 7.37 Å². The highest BCUT2D eigenvalue weighted by Gasteiger charge is 2.60. The number of aliphatic hydroxyl groups is 2. The second-order valence-electron chi connectivity index (χ2n) is 9.11. The number of aromatic nitrogens is 4. The van der Waals surface area contributed by atoms with E-state index in [4.69, 9.17) is 27.9 Å². The summed E-state index contributed by atoms with van der Waals surface area (Å²) in [5.74, 6) is 0.451. The van der Waals surface area contributed by atoms with Crippen LogP contribution in [0.15, 0.2) is 11.5 Å². The largest absolute Gasteiger partial charge is 0.479 e. The molecule has 4 unspecified atom stereocenters. The maximum Gasteiger partial charge on any atom is 0.479 e. The van der Waals surface area contributed by atoms with E-state index in [1.54, 1.807) is 0 Å². The molecule has 16 nitrogen and oxygen atoms in total. The van der Waals surface area contributed by atoms with Gasteiger partial charge in [0.15, 0.2) is 28.4 Å². The number of aliphatic hydroxyl groups excluding tert-OH is 2. The molecule has 7 atom stereocenters. The molecule has 0 spiro atoms. The fraction of sp³-hybridized carbons (Fsp3) is 0.722. The molecule has 2 aromatic heterocycles. The van der Waals surface area contributed by atoms with Crippen LogP contribution in [0.1, 0.15) is 12.6 Å². The molecule has 26 heteroatoms. The third kappa shape index (κ3) is 9.23. The Bertz CT molecular complexity index is 1470. The molecule has 0 saturated carbocycles. The van der Waals surface area contributed by atoms with Crippen molar-refractivity contribution in [3.05, 3.63) is 6.33 Å². The fourth-order valence-electron chi connectivity index (χ4n) is 3.51. The first kappa shape index (κ1) is 38.2. The molecule has 1 aliphatic heterocycles. The average Bonchev–Trinajstić information content (AvgIpc) is 3.41. The van der Waals surface area contributed by atoms with Crippen molar-refractivity contribution in [3.63, 3.8) is 0 Å². The first-order chi connectivity index (χ1) is 20.1. The molecule has 6 N–H and O–H groups in total. The van der Waals surface area contributed by atoms with E-state index >= 15 is 0 Å². The van der Waals surface area contributed by atoms with Crippen LogP contribution in [0, 0.1) is 0 Å². The predicted molar refractivity (Wildman–Crippen MR) is 156 cm³/mol. The van der Waals surface area contributed by atoms with Gasteiger partial charge in [0, 0.05) is 24.7 Å². The molecule has 44 heavy (non-hydrogen) atoms. The minimum absolute atomic E-state index is 0.00456. The summed E-state index contributed by atoms with van der Waals surface area (Å²) in [7, 11) is -16.1. The van der Waals surface area contributed by atoms with Crippen molar-refractivity contribution in [1.82, 2.24) is 19.5 Å². The maximum absolute atomic E-state index is 12.7. The first-order valence-electron chi connectivity index (χ1n) is 12.0. The summed E-state index contributed by atoms with van der Waals surface area (Å²) in [5, 5.41) is 24.2. The van der Waals surface area contributed by atoms with Crippen LogP contribution in [0.25, 0.3) is 11.2 Å². The smallest absolute Gasteiger partial charge is 0.387 e. The van der Waals surface area contributed by atoms with Crippen molar-refractivity contribution in [2.75, 3.05) is 42.9 Å². The van der Waals surface area contributed by atoms with Gasteiger partial charge < -0.3 is 34.9 Å². The second-order valence-corrected chi connectivity index (χ2v) is 19.9. The summed E-state index contributed by atoms with van der Waals surface area (Å²) >= 11 is 13.2. The molecule has 252 valence electrons. The number of anilines is 1. The first-order valence-corrected chi connectivity index (χ1v) is 20.3. The molecule has 2 aromatic rings. The molecular formula is C18H27Cl2F3N5O11P3S2. The van der Waals surface area contributed by atoms with Gasteiger partial charge >= 0.3 is 21.6 Å². The Morgan fingerprint density at radius 1 is 1.14 bits per heavy atom. The summed E-state index contributed by atoms with van der Waals surface area (Å²) in [5.41, 5.74) is 0.163. The molecule has 1 saturated heterocycles. The van der Waals surface area contributed by atoms with Crippen molar-refractivity contribution in [2.24, 2.45) is 0 Å². The molecule has 1 fully saturated rings. The molecule has 0 aromatic carbocycles. The second kappa shape index (κ2) is 14.5. The van der Waals surface area contributed by atoms with Crippen molar-refractivity contribution >= 4 is 86.5 Å². The lowest BCUT2D eigenvalue weighted by Gasteiger charge is -2.28. The van der Waals surface area contributed by atoms with Gasteiger partial charge in [0.1, 0.15) is 18.3 Å². The number of hydrogen-bond acceptors (Lipinski definition) is 14. The SMILES string of the molecule is CSCCNc1nc(SCCC(F)(F)F)nc2c1ncn2C1O[C@H](COP(=O)(O)OP(=O)(O)C(Cl)(Cl)P(C)(=O)O)[C@@H](O)[C@H]1O. The van der Waals surface area contributed by atoms with E-state index in [-0.39, 0.29) is 27.9 Å². The van der Waals surface area contributed by atoms with Gasteiger partial charge in [0.25, 0.3) is 3.82 Å². The zero-order valence-corrected chi connectivity index (χ0v) is 28.3. The lowest BCUT2D eigenvalue weighted by molar-refractivity contribution is -0.129. The van der Waals surface area contributed by atoms with Crippen LogP contribution < -0.4 is 5.32 Å². The number of thioether (sulfide) groups is 2. The highest BCUT2D eigenvalue weighted by Crippen LogP contribution is 2.79. The summed E-state index contributed by atoms with van der Waals surface area (Å²) < 4.78 is 86.6. The van der Waals surface area contributed by atoms with Crippen molar-refractivity contribution in [1.29, 1.82) is 0 Å². The van der Waals surface area contributed by atoms with E-state index in [1.807, 2.05) is 6.26 Å². The van der Waals surface area contributed by atoms with E-state index in [0.29, 0.717) is 19.0 Å². The molecular weight excluding hydrogens is 747 g/mol. The monoisotopic (exact) mass is 773 g/mol. The number of phosphoric ester groups is 1. The number of nitrogens with zero attached hydrogens (tertiary/aromatic N) is 4. The molecule has 1 aliphatic rings. The topological polar surface area (TPSA) is 236 Å². The average molecular weight is 774 g/mol. The number of ether oxygens (including phenoxy) is 1. The van der Waals surface area contributed by atoms with E-state index in [0.717, 1.165) is 22.7 Å². The van der Waals surface area contributed by atoms with Crippen LogP contribution in [0.5, 0.6) is 0 Å². The maximum atomic E-state index is 12.7. The highest BCUT2D eigenvalue weighted by molar-refractivity contribution is 7.99. The van der Waals surface area contributed by atoms with Crippen LogP contribution >= 0.6 is 69.5 Å². The number of rotatable bonds is 15. The lowest BCUT2D eigenvalue weighted by Crippen LogP contribution is -2.33. The van der Waals surface area contributed by atoms with Gasteiger partial charge in [-0.25, -0.2) is 23.8 Å². The van der Waals surface area contributed by atoms with Crippen LogP contribution in [-0.2, 0) is 27.3 Å². The van der Waals surface area contributed by atoms with E-state index < -0.39 is 70.3 Å². The Kier molecular flexibility index (Phi) is 12.6. The number of alkyl halides is 5. The van der Waals surface area contributed by atoms with Crippen LogP contribution in [0.4, 0.5) is 19.0 Å². The number of halogens is 5. The third-order valence-corrected chi connectivity index (χ3v) is 16.0. The molecule has 0 aliphatic carbocycles. The number of imidazole rings is 1. The molecule has 3 rings (SSSR count). The number of nitrogens with one attached hydrogen (secondary N) is 1. The Balaban J connectivity index is 1.82. The number of hydrogen-bond donors (Lipinski definition) is 6. The Morgan fingerprint density at radius 2 is 1.80 bits per heavy atom. The Hall–Kier alpha value is -0.210. The minimum Gasteiger partial charge on any atom is -0.387 e. The molecule has 0 bridgehead atoms. The van der Waals surface area contributed by atoms with Crippen molar-refractivity contribution in [2.45, 2.75) is 46.1 Å². The third-order valence-electron chi connectivity index (χ3n) is 5.68. The molecule has 0 radical (unpaired) electrons. The number of fused-ring (bicyclic) bond motifs is 1. The molecule has 3 heterocycles. The van der Waals surface area contributed by atoms with Gasteiger partial charge in [-0.2, -0.15) is 24.9 Å². The lowest BCUT2D eigenvalue weighted by atomic mass is 10.1. The minimum atomic E-state index is -5.72. The van der Waals surface area contributed by atoms with E-state index in [2.05, 4.69) is 29.1 Å². The van der Waals surface area contributed by atoms with Crippen LogP contribution in [0.3, 0.4) is 0 Å². The van der Waals surface area contributed by atoms with Gasteiger partial charge in [0.05, 0.1) is 19.4 Å². The van der Waals surface area contributed by atoms with Gasteiger partial charge in [-0.1, -0.05) is 35.0 Å². The standard InChI is InChI=1S/C18H27Cl2F3N5O11P3S2/c1-40(31,32)18(19,20)41(33,34)39-42(35,36)37-7-9-11(29)12(30)15(38-9)28-8-25-10-13(24-4-6-43-2)26-16(27-14(10)28)44-5-3-17(21,22)23/h8-9,11-12,15,29-30H,3-7H2,1-2H3,(H,31,32)(H,33,34)(H,35,36)(H,24,26,27)/t9-,11-,12-,15?/m1/s1. The predicted octanol–water partition coefficient (Wildman–Crippen LogP) is 3.57. The normalized spacial score (nSPS) is 25.5. The van der Waals surface area contributed by atoms with Gasteiger partial charge in [-0.05, 0) is 6.26 Å². The van der Waals surface area contributed by atoms with Crippen molar-refractivity contribution < 1.29 is 65.3 Å². The highest BCUT2D eigenvalue weighted by atomic mass is 35.5. The van der Waals surface area contributed by atoms with Crippen LogP contribution in [-0.4, -0.2) is 110 Å². The van der Waals surface area contributed by atoms with Gasteiger partial charge in [-0.3, -0.25) is 18.2 Å². The zero-order valence-electron chi connectivity index (χ0n) is 22.4. The summed E-state index contributed by atoms with van der Waals surface area (Å²) in [4.78, 5) is 42.0. The van der Waals surface area contributed by atoms with Crippen LogP contribution in [0.2, 0.25) is 0 Å².